The number of carbonyl (C=O) groups excluding carboxylic acids is 2. The van der Waals surface area contributed by atoms with E-state index in [1.165, 1.54) is 23.9 Å². The van der Waals surface area contributed by atoms with Gasteiger partial charge in [-0.05, 0) is 6.07 Å². The van der Waals surface area contributed by atoms with Gasteiger partial charge in [-0.3, -0.25) is 9.59 Å². The van der Waals surface area contributed by atoms with E-state index in [4.69, 9.17) is 0 Å². The molecule has 0 aromatic heterocycles. The van der Waals surface area contributed by atoms with Crippen molar-refractivity contribution in [1.82, 2.24) is 4.90 Å². The molecule has 1 unspecified atom stereocenters. The molecule has 1 aliphatic heterocycles. The van der Waals surface area contributed by atoms with Gasteiger partial charge in [-0.2, -0.15) is 0 Å². The highest BCUT2D eigenvalue weighted by molar-refractivity contribution is 6.19. The summed E-state index contributed by atoms with van der Waals surface area (Å²) in [6.45, 7) is 0. The van der Waals surface area contributed by atoms with Crippen molar-refractivity contribution in [3.63, 3.8) is 0 Å². The van der Waals surface area contributed by atoms with Crippen LogP contribution in [0.4, 0.5) is 5.69 Å². The second kappa shape index (κ2) is 3.56. The van der Waals surface area contributed by atoms with Crippen LogP contribution in [-0.4, -0.2) is 43.0 Å². The molecule has 1 atom stereocenters. The summed E-state index contributed by atoms with van der Waals surface area (Å²) in [5.74, 6) is -1.24. The van der Waals surface area contributed by atoms with Gasteiger partial charge in [0.25, 0.3) is 17.4 Å². The molecule has 2 rings (SSSR count). The van der Waals surface area contributed by atoms with Crippen molar-refractivity contribution in [2.75, 3.05) is 26.0 Å². The predicted octanol–water partition coefficient (Wildman–Crippen LogP) is -0.0612. The molecule has 5 nitrogen and oxygen atoms in total. The molecule has 0 spiro atoms. The maximum atomic E-state index is 12.1. The topological polar surface area (TPSA) is 60.9 Å². The van der Waals surface area contributed by atoms with Crippen molar-refractivity contribution in [2.24, 2.45) is 0 Å². The molecule has 90 valence electrons. The Balaban J connectivity index is 2.64. The number of anilines is 1. The van der Waals surface area contributed by atoms with E-state index in [2.05, 4.69) is 0 Å². The third-order valence-electron chi connectivity index (χ3n) is 2.99. The molecule has 2 amide bonds. The van der Waals surface area contributed by atoms with Crippen LogP contribution in [0.5, 0.6) is 0 Å². The minimum Gasteiger partial charge on any atom is -0.368 e. The van der Waals surface area contributed by atoms with Crippen LogP contribution >= 0.6 is 0 Å². The summed E-state index contributed by atoms with van der Waals surface area (Å²) in [6, 6.07) is 6.75. The van der Waals surface area contributed by atoms with Crippen LogP contribution in [0.15, 0.2) is 24.3 Å². The fourth-order valence-corrected chi connectivity index (χ4v) is 2.07. The summed E-state index contributed by atoms with van der Waals surface area (Å²) in [4.78, 5) is 26.6. The summed E-state index contributed by atoms with van der Waals surface area (Å²) >= 11 is 0. The van der Waals surface area contributed by atoms with Crippen LogP contribution < -0.4 is 4.90 Å². The molecule has 0 saturated heterocycles. The molecule has 5 heteroatoms. The van der Waals surface area contributed by atoms with Crippen molar-refractivity contribution < 1.29 is 14.7 Å². The van der Waals surface area contributed by atoms with Gasteiger partial charge >= 0.3 is 0 Å². The Morgan fingerprint density at radius 2 is 1.94 bits per heavy atom. The number of aliphatic hydroxyl groups is 1. The number of amides is 2. The fourth-order valence-electron chi connectivity index (χ4n) is 2.07. The fraction of sp³-hybridized carbons (Fsp3) is 0.333. The monoisotopic (exact) mass is 234 g/mol. The van der Waals surface area contributed by atoms with Gasteiger partial charge in [-0.25, -0.2) is 0 Å². The second-order valence-corrected chi connectivity index (χ2v) is 4.29. The Bertz CT molecular complexity index is 488. The van der Waals surface area contributed by atoms with E-state index < -0.39 is 17.4 Å². The van der Waals surface area contributed by atoms with Crippen molar-refractivity contribution >= 4 is 17.5 Å². The van der Waals surface area contributed by atoms with E-state index in [-0.39, 0.29) is 0 Å². The minimum atomic E-state index is -2.09. The molecule has 1 N–H and O–H groups in total. The molecule has 17 heavy (non-hydrogen) atoms. The molecule has 0 radical (unpaired) electrons. The first-order valence-electron chi connectivity index (χ1n) is 5.22. The Kier molecular flexibility index (Phi) is 2.43. The molecule has 1 aliphatic rings. The lowest BCUT2D eigenvalue weighted by atomic mass is 9.94. The van der Waals surface area contributed by atoms with Crippen molar-refractivity contribution in [1.29, 1.82) is 0 Å². The normalized spacial score (nSPS) is 22.6. The van der Waals surface area contributed by atoms with E-state index >= 15 is 0 Å². The molecule has 0 fully saturated rings. The summed E-state index contributed by atoms with van der Waals surface area (Å²) < 4.78 is 0. The lowest BCUT2D eigenvalue weighted by Crippen LogP contribution is -2.50. The molecular weight excluding hydrogens is 220 g/mol. The van der Waals surface area contributed by atoms with Crippen LogP contribution in [0.1, 0.15) is 5.56 Å². The van der Waals surface area contributed by atoms with Gasteiger partial charge in [0.15, 0.2) is 0 Å². The number of nitrogens with zero attached hydrogens (tertiary/aromatic N) is 2. The number of benzene rings is 1. The average molecular weight is 234 g/mol. The van der Waals surface area contributed by atoms with Crippen molar-refractivity contribution in [3.8, 4) is 0 Å². The standard InChI is InChI=1S/C12H14N2O3/c1-13(2)10(15)12(17)8-6-4-5-7-9(8)14(3)11(12)16/h4-7,17H,1-3H3. The van der Waals surface area contributed by atoms with Crippen LogP contribution in [-0.2, 0) is 15.2 Å². The van der Waals surface area contributed by atoms with E-state index in [1.807, 2.05) is 0 Å². The van der Waals surface area contributed by atoms with Gasteiger partial charge in [0.1, 0.15) is 0 Å². The van der Waals surface area contributed by atoms with Crippen molar-refractivity contribution in [3.05, 3.63) is 29.8 Å². The quantitative estimate of drug-likeness (QED) is 0.692. The Morgan fingerprint density at radius 3 is 2.53 bits per heavy atom. The highest BCUT2D eigenvalue weighted by atomic mass is 16.3. The van der Waals surface area contributed by atoms with E-state index in [0.29, 0.717) is 11.3 Å². The van der Waals surface area contributed by atoms with Gasteiger partial charge in [-0.15, -0.1) is 0 Å². The third kappa shape index (κ3) is 1.36. The zero-order valence-electron chi connectivity index (χ0n) is 9.97. The summed E-state index contributed by atoms with van der Waals surface area (Å²) in [5.41, 5.74) is -1.18. The maximum absolute atomic E-state index is 12.1. The number of fused-ring (bicyclic) bond motifs is 1. The van der Waals surface area contributed by atoms with E-state index in [1.54, 1.807) is 31.3 Å². The van der Waals surface area contributed by atoms with Gasteiger partial charge in [-0.1, -0.05) is 18.2 Å². The van der Waals surface area contributed by atoms with Gasteiger partial charge in [0.05, 0.1) is 5.69 Å². The third-order valence-corrected chi connectivity index (χ3v) is 2.99. The Morgan fingerprint density at radius 1 is 1.35 bits per heavy atom. The number of hydrogen-bond acceptors (Lipinski definition) is 3. The van der Waals surface area contributed by atoms with Crippen LogP contribution in [0.3, 0.4) is 0 Å². The largest absolute Gasteiger partial charge is 0.368 e. The first-order valence-corrected chi connectivity index (χ1v) is 5.22. The molecule has 1 aromatic rings. The van der Waals surface area contributed by atoms with Crippen molar-refractivity contribution in [2.45, 2.75) is 5.60 Å². The second-order valence-electron chi connectivity index (χ2n) is 4.29. The number of para-hydroxylation sites is 1. The van der Waals surface area contributed by atoms with Gasteiger partial charge in [0.2, 0.25) is 0 Å². The molecular formula is C12H14N2O3. The number of rotatable bonds is 1. The van der Waals surface area contributed by atoms with Crippen LogP contribution in [0.25, 0.3) is 0 Å². The Labute approximate surface area is 99.3 Å². The average Bonchev–Trinajstić information content (AvgIpc) is 2.52. The Hall–Kier alpha value is -1.88. The first kappa shape index (κ1) is 11.6. The predicted molar refractivity (Wildman–Crippen MR) is 62.4 cm³/mol. The highest BCUT2D eigenvalue weighted by Crippen LogP contribution is 2.39. The lowest BCUT2D eigenvalue weighted by Gasteiger charge is -2.24. The van der Waals surface area contributed by atoms with Gasteiger partial charge in [0, 0.05) is 26.7 Å². The number of likely N-dealkylation sites (N-methyl/N-ethyl adjacent to an activating group) is 2. The lowest BCUT2D eigenvalue weighted by molar-refractivity contribution is -0.157. The van der Waals surface area contributed by atoms with E-state index in [9.17, 15) is 14.7 Å². The zero-order chi connectivity index (χ0) is 12.8. The summed E-state index contributed by atoms with van der Waals surface area (Å²) in [7, 11) is 4.56. The van der Waals surface area contributed by atoms with Gasteiger partial charge < -0.3 is 14.9 Å². The molecule has 0 aliphatic carbocycles. The molecule has 1 aromatic carbocycles. The van der Waals surface area contributed by atoms with Crippen LogP contribution in [0.2, 0.25) is 0 Å². The molecule has 1 heterocycles. The highest BCUT2D eigenvalue weighted by Gasteiger charge is 2.54. The number of hydrogen-bond donors (Lipinski definition) is 1. The SMILES string of the molecule is CN(C)C(=O)C1(O)C(=O)N(C)c2ccccc21. The molecule has 0 bridgehead atoms. The summed E-state index contributed by atoms with van der Waals surface area (Å²) in [5, 5.41) is 10.4. The minimum absolute atomic E-state index is 0.339. The summed E-state index contributed by atoms with van der Waals surface area (Å²) in [6.07, 6.45) is 0. The smallest absolute Gasteiger partial charge is 0.273 e. The maximum Gasteiger partial charge on any atom is 0.273 e. The first-order chi connectivity index (χ1) is 7.90. The number of carbonyl (C=O) groups is 2. The van der Waals surface area contributed by atoms with E-state index in [0.717, 1.165) is 0 Å². The molecule has 0 saturated carbocycles. The van der Waals surface area contributed by atoms with Crippen LogP contribution in [0, 0.1) is 0 Å². The zero-order valence-corrected chi connectivity index (χ0v) is 9.97.